The van der Waals surface area contributed by atoms with Crippen molar-refractivity contribution in [3.63, 3.8) is 0 Å². The Balaban J connectivity index is 1.79. The summed E-state index contributed by atoms with van der Waals surface area (Å²) in [6.45, 7) is 6.16. The van der Waals surface area contributed by atoms with Crippen molar-refractivity contribution in [2.45, 2.75) is 33.1 Å². The standard InChI is InChI=1S/C19H22N6/c1-13-6-7-14(2)15(12-13)22-18-16-17(21-9-8-20-16)23-19(24-18)25-10-4-3-5-11-25/h6-9,12H,3-5,10-11H2,1-2H3,(H,21,22,23,24). The van der Waals surface area contributed by atoms with E-state index in [9.17, 15) is 0 Å². The second-order valence-corrected chi connectivity index (χ2v) is 6.59. The van der Waals surface area contributed by atoms with Crippen molar-refractivity contribution in [3.05, 3.63) is 41.7 Å². The average molecular weight is 334 g/mol. The van der Waals surface area contributed by atoms with Crippen LogP contribution in [0.15, 0.2) is 30.6 Å². The summed E-state index contributed by atoms with van der Waals surface area (Å²) in [4.78, 5) is 20.5. The summed E-state index contributed by atoms with van der Waals surface area (Å²) in [5.41, 5.74) is 4.74. The Morgan fingerprint density at radius 1 is 0.960 bits per heavy atom. The highest BCUT2D eigenvalue weighted by atomic mass is 15.3. The molecule has 1 aliphatic rings. The smallest absolute Gasteiger partial charge is 0.229 e. The van der Waals surface area contributed by atoms with Gasteiger partial charge in [0.25, 0.3) is 0 Å². The summed E-state index contributed by atoms with van der Waals surface area (Å²) in [7, 11) is 0. The molecule has 1 aromatic carbocycles. The number of fused-ring (bicyclic) bond motifs is 1. The van der Waals surface area contributed by atoms with E-state index in [1.165, 1.54) is 30.4 Å². The van der Waals surface area contributed by atoms with Crippen molar-refractivity contribution < 1.29 is 0 Å². The van der Waals surface area contributed by atoms with Crippen molar-refractivity contribution in [1.82, 2.24) is 19.9 Å². The molecule has 0 aliphatic carbocycles. The molecule has 3 aromatic rings. The number of aryl methyl sites for hydroxylation is 2. The van der Waals surface area contributed by atoms with Crippen LogP contribution in [0.3, 0.4) is 0 Å². The van der Waals surface area contributed by atoms with Gasteiger partial charge in [0.2, 0.25) is 5.95 Å². The summed E-state index contributed by atoms with van der Waals surface area (Å²) in [6, 6.07) is 6.34. The molecule has 128 valence electrons. The van der Waals surface area contributed by atoms with Crippen molar-refractivity contribution in [2.24, 2.45) is 0 Å². The Labute approximate surface area is 147 Å². The molecule has 0 atom stereocenters. The molecule has 6 heteroatoms. The van der Waals surface area contributed by atoms with E-state index in [-0.39, 0.29) is 0 Å². The topological polar surface area (TPSA) is 66.8 Å². The third-order valence-electron chi connectivity index (χ3n) is 4.61. The highest BCUT2D eigenvalue weighted by Crippen LogP contribution is 2.27. The van der Waals surface area contributed by atoms with E-state index in [1.54, 1.807) is 12.4 Å². The Morgan fingerprint density at radius 2 is 1.76 bits per heavy atom. The number of nitrogens with one attached hydrogen (secondary N) is 1. The number of benzene rings is 1. The molecule has 6 nitrogen and oxygen atoms in total. The van der Waals surface area contributed by atoms with Crippen LogP contribution < -0.4 is 10.2 Å². The zero-order valence-electron chi connectivity index (χ0n) is 14.7. The van der Waals surface area contributed by atoms with E-state index in [4.69, 9.17) is 4.98 Å². The normalized spacial score (nSPS) is 14.7. The minimum Gasteiger partial charge on any atom is -0.341 e. The zero-order valence-corrected chi connectivity index (χ0v) is 14.7. The van der Waals surface area contributed by atoms with E-state index < -0.39 is 0 Å². The maximum Gasteiger partial charge on any atom is 0.229 e. The van der Waals surface area contributed by atoms with Gasteiger partial charge < -0.3 is 10.2 Å². The molecule has 0 saturated carbocycles. The van der Waals surface area contributed by atoms with Gasteiger partial charge in [0.1, 0.15) is 0 Å². The van der Waals surface area contributed by atoms with Crippen molar-refractivity contribution in [1.29, 1.82) is 0 Å². The van der Waals surface area contributed by atoms with Crippen LogP contribution in [0, 0.1) is 13.8 Å². The van der Waals surface area contributed by atoms with E-state index in [2.05, 4.69) is 57.2 Å². The molecule has 0 unspecified atom stereocenters. The molecular weight excluding hydrogens is 312 g/mol. The quantitative estimate of drug-likeness (QED) is 0.786. The van der Waals surface area contributed by atoms with Crippen LogP contribution in [-0.2, 0) is 0 Å². The fourth-order valence-corrected chi connectivity index (χ4v) is 3.17. The molecule has 1 N–H and O–H groups in total. The lowest BCUT2D eigenvalue weighted by Crippen LogP contribution is -2.31. The van der Waals surface area contributed by atoms with Gasteiger partial charge in [-0.1, -0.05) is 12.1 Å². The van der Waals surface area contributed by atoms with Gasteiger partial charge in [0, 0.05) is 31.2 Å². The molecule has 2 aromatic heterocycles. The second kappa shape index (κ2) is 6.63. The van der Waals surface area contributed by atoms with Crippen LogP contribution >= 0.6 is 0 Å². The Kier molecular flexibility index (Phi) is 4.17. The average Bonchev–Trinajstić information content (AvgIpc) is 2.65. The third-order valence-corrected chi connectivity index (χ3v) is 4.61. The number of hydrogen-bond donors (Lipinski definition) is 1. The highest BCUT2D eigenvalue weighted by Gasteiger charge is 2.17. The van der Waals surface area contributed by atoms with Gasteiger partial charge in [-0.3, -0.25) is 0 Å². The first-order valence-corrected chi connectivity index (χ1v) is 8.79. The fraction of sp³-hybridized carbons (Fsp3) is 0.368. The Hall–Kier alpha value is -2.76. The number of piperidine rings is 1. The summed E-state index contributed by atoms with van der Waals surface area (Å²) < 4.78 is 0. The molecule has 1 aliphatic heterocycles. The molecule has 1 saturated heterocycles. The molecule has 0 bridgehead atoms. The third kappa shape index (κ3) is 3.24. The number of hydrogen-bond acceptors (Lipinski definition) is 6. The van der Waals surface area contributed by atoms with Crippen LogP contribution in [0.2, 0.25) is 0 Å². The zero-order chi connectivity index (χ0) is 17.2. The van der Waals surface area contributed by atoms with Crippen LogP contribution in [0.1, 0.15) is 30.4 Å². The SMILES string of the molecule is Cc1ccc(C)c(Nc2nc(N3CCCCC3)nc3nccnc23)c1. The van der Waals surface area contributed by atoms with Crippen LogP contribution in [0.25, 0.3) is 11.2 Å². The monoisotopic (exact) mass is 334 g/mol. The van der Waals surface area contributed by atoms with Gasteiger partial charge in [0.05, 0.1) is 0 Å². The highest BCUT2D eigenvalue weighted by molar-refractivity contribution is 5.86. The minimum atomic E-state index is 0.630. The first-order valence-electron chi connectivity index (χ1n) is 8.79. The molecular formula is C19H22N6. The fourth-order valence-electron chi connectivity index (χ4n) is 3.17. The van der Waals surface area contributed by atoms with Crippen LogP contribution in [0.4, 0.5) is 17.5 Å². The van der Waals surface area contributed by atoms with Gasteiger partial charge >= 0.3 is 0 Å². The number of rotatable bonds is 3. The molecule has 0 spiro atoms. The van der Waals surface area contributed by atoms with E-state index in [0.29, 0.717) is 17.0 Å². The predicted octanol–water partition coefficient (Wildman–Crippen LogP) is 3.77. The van der Waals surface area contributed by atoms with Gasteiger partial charge in [-0.15, -0.1) is 0 Å². The lowest BCUT2D eigenvalue weighted by atomic mass is 10.1. The first-order chi connectivity index (χ1) is 12.2. The molecule has 3 heterocycles. The maximum absolute atomic E-state index is 4.79. The summed E-state index contributed by atoms with van der Waals surface area (Å²) in [5.74, 6) is 1.45. The first kappa shape index (κ1) is 15.7. The minimum absolute atomic E-state index is 0.630. The lowest BCUT2D eigenvalue weighted by Gasteiger charge is -2.27. The second-order valence-electron chi connectivity index (χ2n) is 6.59. The van der Waals surface area contributed by atoms with Gasteiger partial charge in [-0.05, 0) is 50.3 Å². The summed E-state index contributed by atoms with van der Waals surface area (Å²) in [5, 5.41) is 3.46. The summed E-state index contributed by atoms with van der Waals surface area (Å²) >= 11 is 0. The van der Waals surface area contributed by atoms with Crippen LogP contribution in [0.5, 0.6) is 0 Å². The van der Waals surface area contributed by atoms with Crippen molar-refractivity contribution in [3.8, 4) is 0 Å². The van der Waals surface area contributed by atoms with E-state index in [1.807, 2.05) is 0 Å². The van der Waals surface area contributed by atoms with Crippen molar-refractivity contribution in [2.75, 3.05) is 23.3 Å². The molecule has 0 amide bonds. The number of nitrogens with zero attached hydrogens (tertiary/aromatic N) is 5. The lowest BCUT2D eigenvalue weighted by molar-refractivity contribution is 0.569. The van der Waals surface area contributed by atoms with E-state index >= 15 is 0 Å². The molecule has 25 heavy (non-hydrogen) atoms. The summed E-state index contributed by atoms with van der Waals surface area (Å²) in [6.07, 6.45) is 7.00. The number of anilines is 3. The predicted molar refractivity (Wildman–Crippen MR) is 100 cm³/mol. The van der Waals surface area contributed by atoms with Crippen molar-refractivity contribution >= 4 is 28.6 Å². The van der Waals surface area contributed by atoms with Gasteiger partial charge in [-0.2, -0.15) is 9.97 Å². The van der Waals surface area contributed by atoms with Gasteiger partial charge in [0.15, 0.2) is 17.0 Å². The van der Waals surface area contributed by atoms with Crippen LogP contribution in [-0.4, -0.2) is 33.0 Å². The van der Waals surface area contributed by atoms with E-state index in [0.717, 1.165) is 24.7 Å². The molecule has 1 fully saturated rings. The number of aromatic nitrogens is 4. The van der Waals surface area contributed by atoms with Gasteiger partial charge in [-0.25, -0.2) is 9.97 Å². The Morgan fingerprint density at radius 3 is 2.60 bits per heavy atom. The largest absolute Gasteiger partial charge is 0.341 e. The maximum atomic E-state index is 4.79. The molecule has 4 rings (SSSR count). The Bertz CT molecular complexity index is 902. The molecule has 0 radical (unpaired) electrons.